The van der Waals surface area contributed by atoms with Gasteiger partial charge in [-0.05, 0) is 74.6 Å². The first-order valence-electron chi connectivity index (χ1n) is 12.7. The van der Waals surface area contributed by atoms with Crippen molar-refractivity contribution < 1.29 is 0 Å². The molecule has 0 saturated carbocycles. The van der Waals surface area contributed by atoms with Crippen molar-refractivity contribution in [2.24, 2.45) is 10.9 Å². The molecule has 0 radical (unpaired) electrons. The second-order valence-electron chi connectivity index (χ2n) is 10.5. The Hall–Kier alpha value is -2.61. The maximum atomic E-state index is 4.92. The van der Waals surface area contributed by atoms with Gasteiger partial charge in [0.15, 0.2) is 0 Å². The lowest BCUT2D eigenvalue weighted by Crippen LogP contribution is -2.32. The Balaban J connectivity index is 2.10. The molecule has 34 heavy (non-hydrogen) atoms. The minimum atomic E-state index is 0.103. The predicted octanol–water partition coefficient (Wildman–Crippen LogP) is 8.53. The quantitative estimate of drug-likeness (QED) is 0.243. The van der Waals surface area contributed by atoms with Crippen LogP contribution in [-0.4, -0.2) is 24.3 Å². The fraction of sp³-hybridized carbons (Fsp3) is 0.469. The molecule has 0 bridgehead atoms. The van der Waals surface area contributed by atoms with Gasteiger partial charge in [0, 0.05) is 25.2 Å². The van der Waals surface area contributed by atoms with Gasteiger partial charge in [-0.25, -0.2) is 4.99 Å². The van der Waals surface area contributed by atoms with Crippen molar-refractivity contribution in [1.29, 1.82) is 0 Å². The summed E-state index contributed by atoms with van der Waals surface area (Å²) >= 11 is 0. The minimum Gasteiger partial charge on any atom is -0.363 e. The van der Waals surface area contributed by atoms with E-state index in [9.17, 15) is 0 Å². The van der Waals surface area contributed by atoms with Crippen molar-refractivity contribution in [2.45, 2.75) is 79.6 Å². The zero-order valence-corrected chi connectivity index (χ0v) is 23.0. The third-order valence-electron chi connectivity index (χ3n) is 7.29. The van der Waals surface area contributed by atoms with E-state index in [1.165, 1.54) is 27.8 Å². The molecule has 0 aromatic heterocycles. The molecule has 2 atom stereocenters. The van der Waals surface area contributed by atoms with Gasteiger partial charge >= 0.3 is 0 Å². The van der Waals surface area contributed by atoms with Crippen LogP contribution in [0.15, 0.2) is 66.3 Å². The predicted molar refractivity (Wildman–Crippen MR) is 152 cm³/mol. The standard InChI is InChI=1S/C32H46N2/c1-11-18-32(9,31-15-13-12-14-30(31)23(2)3)19-20-34(10)28(8)33-27(7)25(5)22-29-17-16-24(4)21-26(29)6/h12-17,21,25H,2,7,11,18-20,22H2,1,3-6,8-10H3/b33-28+. The first kappa shape index (κ1) is 27.6. The molecule has 0 amide bonds. The lowest BCUT2D eigenvalue weighted by molar-refractivity contribution is 0.345. The maximum absolute atomic E-state index is 4.92. The molecule has 2 rings (SSSR count). The number of nitrogens with zero attached hydrogens (tertiary/aromatic N) is 2. The average molecular weight is 459 g/mol. The number of hydrogen-bond donors (Lipinski definition) is 0. The summed E-state index contributed by atoms with van der Waals surface area (Å²) in [7, 11) is 2.15. The van der Waals surface area contributed by atoms with Crippen LogP contribution in [-0.2, 0) is 11.8 Å². The molecule has 0 heterocycles. The second-order valence-corrected chi connectivity index (χ2v) is 10.5. The normalized spacial score (nSPS) is 14.4. The summed E-state index contributed by atoms with van der Waals surface area (Å²) in [5.74, 6) is 1.34. The van der Waals surface area contributed by atoms with Crippen molar-refractivity contribution in [3.8, 4) is 0 Å². The summed E-state index contributed by atoms with van der Waals surface area (Å²) in [5, 5.41) is 0. The van der Waals surface area contributed by atoms with E-state index in [4.69, 9.17) is 4.99 Å². The summed E-state index contributed by atoms with van der Waals surface area (Å²) in [4.78, 5) is 7.20. The van der Waals surface area contributed by atoms with E-state index in [1.807, 2.05) is 0 Å². The Bertz CT molecular complexity index is 1030. The highest BCUT2D eigenvalue weighted by Gasteiger charge is 2.28. The van der Waals surface area contributed by atoms with Gasteiger partial charge in [0.1, 0.15) is 5.84 Å². The number of rotatable bonds is 11. The van der Waals surface area contributed by atoms with Gasteiger partial charge in [-0.2, -0.15) is 0 Å². The highest BCUT2D eigenvalue weighted by Crippen LogP contribution is 2.37. The van der Waals surface area contributed by atoms with Gasteiger partial charge in [0.2, 0.25) is 0 Å². The molecule has 2 unspecified atom stereocenters. The number of amidine groups is 1. The van der Waals surface area contributed by atoms with E-state index in [2.05, 4.69) is 116 Å². The van der Waals surface area contributed by atoms with Crippen LogP contribution in [0.3, 0.4) is 0 Å². The molecule has 0 spiro atoms. The van der Waals surface area contributed by atoms with Crippen molar-refractivity contribution in [2.75, 3.05) is 13.6 Å². The monoisotopic (exact) mass is 458 g/mol. The SMILES string of the molecule is C=C(C)c1ccccc1C(C)(CCC)CCN(C)/C(C)=N/C(=C)C(C)Cc1ccc(C)cc1C. The molecule has 2 aromatic rings. The van der Waals surface area contributed by atoms with E-state index in [-0.39, 0.29) is 5.41 Å². The third kappa shape index (κ3) is 7.19. The average Bonchev–Trinajstić information content (AvgIpc) is 2.79. The molecule has 0 N–H and O–H groups in total. The van der Waals surface area contributed by atoms with E-state index in [1.54, 1.807) is 0 Å². The minimum absolute atomic E-state index is 0.103. The number of hydrogen-bond acceptors (Lipinski definition) is 1. The number of allylic oxidation sites excluding steroid dienone is 2. The highest BCUT2D eigenvalue weighted by molar-refractivity contribution is 5.80. The zero-order valence-electron chi connectivity index (χ0n) is 23.0. The summed E-state index contributed by atoms with van der Waals surface area (Å²) in [6.07, 6.45) is 4.35. The van der Waals surface area contributed by atoms with Crippen LogP contribution in [0.4, 0.5) is 0 Å². The van der Waals surface area contributed by atoms with Gasteiger partial charge in [-0.15, -0.1) is 0 Å². The van der Waals surface area contributed by atoms with Gasteiger partial charge in [-0.1, -0.05) is 94.0 Å². The number of benzene rings is 2. The van der Waals surface area contributed by atoms with Crippen LogP contribution in [0, 0.1) is 19.8 Å². The van der Waals surface area contributed by atoms with Crippen LogP contribution < -0.4 is 0 Å². The van der Waals surface area contributed by atoms with Crippen molar-refractivity contribution in [3.63, 3.8) is 0 Å². The number of aryl methyl sites for hydroxylation is 2. The Morgan fingerprint density at radius 3 is 2.35 bits per heavy atom. The van der Waals surface area contributed by atoms with Gasteiger partial charge < -0.3 is 4.90 Å². The van der Waals surface area contributed by atoms with Crippen molar-refractivity contribution in [1.82, 2.24) is 4.90 Å². The Labute approximate surface area is 209 Å². The van der Waals surface area contributed by atoms with Crippen molar-refractivity contribution in [3.05, 3.63) is 89.1 Å². The van der Waals surface area contributed by atoms with Crippen LogP contribution in [0.5, 0.6) is 0 Å². The van der Waals surface area contributed by atoms with Gasteiger partial charge in [0.05, 0.1) is 0 Å². The summed E-state index contributed by atoms with van der Waals surface area (Å²) in [6, 6.07) is 15.5. The lowest BCUT2D eigenvalue weighted by atomic mass is 9.73. The first-order chi connectivity index (χ1) is 16.0. The van der Waals surface area contributed by atoms with Crippen LogP contribution in [0.25, 0.3) is 5.57 Å². The Morgan fingerprint density at radius 1 is 1.06 bits per heavy atom. The number of aliphatic imine (C=N–C) groups is 1. The smallest absolute Gasteiger partial charge is 0.101 e. The van der Waals surface area contributed by atoms with E-state index >= 15 is 0 Å². The summed E-state index contributed by atoms with van der Waals surface area (Å²) in [6.45, 7) is 25.0. The molecule has 0 aliphatic heterocycles. The summed E-state index contributed by atoms with van der Waals surface area (Å²) < 4.78 is 0. The second kappa shape index (κ2) is 12.2. The molecule has 2 nitrogen and oxygen atoms in total. The fourth-order valence-electron chi connectivity index (χ4n) is 4.83. The molecular weight excluding hydrogens is 412 g/mol. The molecule has 0 saturated heterocycles. The Kier molecular flexibility index (Phi) is 9.91. The molecular formula is C32H46N2. The van der Waals surface area contributed by atoms with E-state index < -0.39 is 0 Å². The van der Waals surface area contributed by atoms with Crippen molar-refractivity contribution >= 4 is 11.4 Å². The molecule has 2 aromatic carbocycles. The third-order valence-corrected chi connectivity index (χ3v) is 7.29. The molecule has 2 heteroatoms. The van der Waals surface area contributed by atoms with Crippen LogP contribution in [0.2, 0.25) is 0 Å². The van der Waals surface area contributed by atoms with Crippen LogP contribution >= 0.6 is 0 Å². The molecule has 0 fully saturated rings. The maximum Gasteiger partial charge on any atom is 0.101 e. The van der Waals surface area contributed by atoms with Gasteiger partial charge in [-0.3, -0.25) is 0 Å². The summed E-state index contributed by atoms with van der Waals surface area (Å²) in [5.41, 5.74) is 8.94. The van der Waals surface area contributed by atoms with E-state index in [0.717, 1.165) is 49.3 Å². The fourth-order valence-corrected chi connectivity index (χ4v) is 4.83. The molecule has 184 valence electrons. The largest absolute Gasteiger partial charge is 0.363 e. The Morgan fingerprint density at radius 2 is 1.74 bits per heavy atom. The van der Waals surface area contributed by atoms with Crippen LogP contribution in [0.1, 0.15) is 81.7 Å². The zero-order chi connectivity index (χ0) is 25.5. The highest BCUT2D eigenvalue weighted by atomic mass is 15.2. The molecule has 0 aliphatic carbocycles. The molecule has 0 aliphatic rings. The van der Waals surface area contributed by atoms with Gasteiger partial charge in [0.25, 0.3) is 0 Å². The first-order valence-corrected chi connectivity index (χ1v) is 12.7. The lowest BCUT2D eigenvalue weighted by Gasteiger charge is -2.34. The topological polar surface area (TPSA) is 15.6 Å². The van der Waals surface area contributed by atoms with E-state index in [0.29, 0.717) is 5.92 Å².